The predicted molar refractivity (Wildman–Crippen MR) is 105 cm³/mol. The van der Waals surface area contributed by atoms with Gasteiger partial charge < -0.3 is 19.4 Å². The highest BCUT2D eigenvalue weighted by molar-refractivity contribution is 6.04. The lowest BCUT2D eigenvalue weighted by molar-refractivity contribution is -0.121. The molecule has 3 aromatic rings. The molecule has 0 bridgehead atoms. The smallest absolute Gasteiger partial charge is 0.336 e. The zero-order chi connectivity index (χ0) is 19.7. The van der Waals surface area contributed by atoms with Gasteiger partial charge in [-0.2, -0.15) is 0 Å². The van der Waals surface area contributed by atoms with Gasteiger partial charge >= 0.3 is 5.63 Å². The molecule has 0 radical (unpaired) electrons. The van der Waals surface area contributed by atoms with Crippen LogP contribution in [0.5, 0.6) is 5.75 Å². The van der Waals surface area contributed by atoms with Crippen molar-refractivity contribution in [3.63, 3.8) is 0 Å². The number of anilines is 2. The van der Waals surface area contributed by atoms with Gasteiger partial charge in [-0.05, 0) is 37.3 Å². The maximum absolute atomic E-state index is 12.9. The van der Waals surface area contributed by atoms with E-state index in [1.54, 1.807) is 47.4 Å². The molecule has 0 aliphatic carbocycles. The Kier molecular flexibility index (Phi) is 4.57. The van der Waals surface area contributed by atoms with E-state index in [9.17, 15) is 14.4 Å². The number of carbonyl (C=O) groups excluding carboxylic acids is 2. The Morgan fingerprint density at radius 3 is 2.82 bits per heavy atom. The second kappa shape index (κ2) is 7.19. The Morgan fingerprint density at radius 2 is 1.96 bits per heavy atom. The predicted octanol–water partition coefficient (Wildman–Crippen LogP) is 2.94. The van der Waals surface area contributed by atoms with E-state index < -0.39 is 5.63 Å². The molecule has 0 unspecified atom stereocenters. The first kappa shape index (κ1) is 17.8. The number of hydrogen-bond acceptors (Lipinski definition) is 5. The molecule has 4 rings (SSSR count). The van der Waals surface area contributed by atoms with Crippen LogP contribution in [0.1, 0.15) is 13.3 Å². The lowest BCUT2D eigenvalue weighted by Crippen LogP contribution is -2.41. The van der Waals surface area contributed by atoms with E-state index in [1.807, 2.05) is 13.0 Å². The van der Waals surface area contributed by atoms with Crippen molar-refractivity contribution in [1.29, 1.82) is 0 Å². The van der Waals surface area contributed by atoms with Crippen LogP contribution in [0, 0.1) is 0 Å². The van der Waals surface area contributed by atoms with Crippen LogP contribution in [0.15, 0.2) is 63.8 Å². The molecule has 142 valence electrons. The average Bonchev–Trinajstić information content (AvgIpc) is 2.80. The van der Waals surface area contributed by atoms with Crippen molar-refractivity contribution in [2.45, 2.75) is 19.4 Å². The molecule has 0 saturated heterocycles. The number of para-hydroxylation sites is 2. The molecule has 28 heavy (non-hydrogen) atoms. The van der Waals surface area contributed by atoms with Gasteiger partial charge in [-0.1, -0.05) is 12.1 Å². The Balaban J connectivity index is 1.56. The topological polar surface area (TPSA) is 88.9 Å². The number of fused-ring (bicyclic) bond motifs is 2. The maximum Gasteiger partial charge on any atom is 0.336 e. The van der Waals surface area contributed by atoms with Gasteiger partial charge in [-0.25, -0.2) is 4.79 Å². The van der Waals surface area contributed by atoms with Crippen LogP contribution < -0.4 is 20.6 Å². The van der Waals surface area contributed by atoms with Crippen LogP contribution in [0.25, 0.3) is 11.0 Å². The summed E-state index contributed by atoms with van der Waals surface area (Å²) in [6.07, 6.45) is 0.196. The highest BCUT2D eigenvalue weighted by atomic mass is 16.5. The third-order valence-corrected chi connectivity index (χ3v) is 4.58. The molecule has 1 N–H and O–H groups in total. The Hall–Kier alpha value is -3.61. The molecule has 0 saturated carbocycles. The van der Waals surface area contributed by atoms with Crippen molar-refractivity contribution in [2.24, 2.45) is 0 Å². The molecule has 7 heteroatoms. The van der Waals surface area contributed by atoms with Crippen LogP contribution >= 0.6 is 0 Å². The summed E-state index contributed by atoms with van der Waals surface area (Å²) in [5, 5.41) is 3.58. The quantitative estimate of drug-likeness (QED) is 0.708. The van der Waals surface area contributed by atoms with Crippen LogP contribution in [-0.2, 0) is 9.59 Å². The highest BCUT2D eigenvalue weighted by Crippen LogP contribution is 2.31. The summed E-state index contributed by atoms with van der Waals surface area (Å²) in [7, 11) is 0. The Labute approximate surface area is 160 Å². The number of nitrogens with zero attached hydrogens (tertiary/aromatic N) is 1. The van der Waals surface area contributed by atoms with E-state index in [4.69, 9.17) is 9.15 Å². The second-order valence-corrected chi connectivity index (χ2v) is 6.62. The summed E-state index contributed by atoms with van der Waals surface area (Å²) < 4.78 is 10.8. The fraction of sp³-hybridized carbons (Fsp3) is 0.190. The van der Waals surface area contributed by atoms with Crippen molar-refractivity contribution in [3.8, 4) is 5.75 Å². The molecular formula is C21H18N2O5. The van der Waals surface area contributed by atoms with Crippen molar-refractivity contribution in [1.82, 2.24) is 0 Å². The summed E-state index contributed by atoms with van der Waals surface area (Å²) in [5.74, 6) is 0.00643. The highest BCUT2D eigenvalue weighted by Gasteiger charge is 2.29. The number of amides is 2. The fourth-order valence-electron chi connectivity index (χ4n) is 3.31. The Bertz CT molecular complexity index is 1120. The minimum Gasteiger partial charge on any atom is -0.484 e. The molecule has 0 spiro atoms. The Morgan fingerprint density at radius 1 is 1.18 bits per heavy atom. The van der Waals surface area contributed by atoms with E-state index >= 15 is 0 Å². The van der Waals surface area contributed by atoms with Gasteiger partial charge in [0.15, 0.2) is 6.61 Å². The van der Waals surface area contributed by atoms with Crippen LogP contribution in [0.4, 0.5) is 11.4 Å². The van der Waals surface area contributed by atoms with Gasteiger partial charge in [0.25, 0.3) is 5.91 Å². The van der Waals surface area contributed by atoms with E-state index in [-0.39, 0.29) is 30.9 Å². The van der Waals surface area contributed by atoms with E-state index in [2.05, 4.69) is 5.32 Å². The summed E-state index contributed by atoms with van der Waals surface area (Å²) in [4.78, 5) is 37.9. The molecule has 2 aromatic carbocycles. The average molecular weight is 378 g/mol. The van der Waals surface area contributed by atoms with Crippen molar-refractivity contribution in [2.75, 3.05) is 16.8 Å². The van der Waals surface area contributed by atoms with Crippen LogP contribution in [0.3, 0.4) is 0 Å². The first-order chi connectivity index (χ1) is 13.5. The first-order valence-electron chi connectivity index (χ1n) is 8.89. The zero-order valence-corrected chi connectivity index (χ0v) is 15.2. The molecule has 2 amide bonds. The lowest BCUT2D eigenvalue weighted by Gasteiger charge is -2.27. The molecular weight excluding hydrogens is 360 g/mol. The second-order valence-electron chi connectivity index (χ2n) is 6.62. The zero-order valence-electron chi connectivity index (χ0n) is 15.2. The standard InChI is InChI=1S/C21H18N2O5/c1-13-10-19(24)22-16-4-2-3-5-17(16)23(13)20(25)12-27-15-8-6-14-7-9-21(26)28-18(14)11-15/h2-9,11,13H,10,12H2,1H3,(H,22,24)/t13-/m1/s1. The van der Waals surface area contributed by atoms with Crippen molar-refractivity contribution >= 4 is 34.2 Å². The van der Waals surface area contributed by atoms with Crippen molar-refractivity contribution in [3.05, 3.63) is 65.0 Å². The molecule has 0 fully saturated rings. The summed E-state index contributed by atoms with van der Waals surface area (Å²) in [6, 6.07) is 14.9. The first-order valence-corrected chi connectivity index (χ1v) is 8.89. The van der Waals surface area contributed by atoms with Crippen molar-refractivity contribution < 1.29 is 18.7 Å². The van der Waals surface area contributed by atoms with Gasteiger partial charge in [0.2, 0.25) is 5.91 Å². The third kappa shape index (κ3) is 3.46. The van der Waals surface area contributed by atoms with Gasteiger partial charge in [0.1, 0.15) is 11.3 Å². The lowest BCUT2D eigenvalue weighted by atomic mass is 10.1. The minimum atomic E-state index is -0.451. The van der Waals surface area contributed by atoms with Gasteiger partial charge in [-0.15, -0.1) is 0 Å². The van der Waals surface area contributed by atoms with Crippen LogP contribution in [0.2, 0.25) is 0 Å². The minimum absolute atomic E-state index is 0.138. The monoisotopic (exact) mass is 378 g/mol. The number of benzene rings is 2. The normalized spacial score (nSPS) is 16.2. The molecule has 1 aliphatic heterocycles. The van der Waals surface area contributed by atoms with E-state index in [1.165, 1.54) is 6.07 Å². The van der Waals surface area contributed by atoms with E-state index in [0.29, 0.717) is 22.7 Å². The largest absolute Gasteiger partial charge is 0.484 e. The summed E-state index contributed by atoms with van der Waals surface area (Å²) >= 11 is 0. The van der Waals surface area contributed by atoms with E-state index in [0.717, 1.165) is 5.39 Å². The molecule has 1 atom stereocenters. The van der Waals surface area contributed by atoms with Crippen LogP contribution in [-0.4, -0.2) is 24.5 Å². The van der Waals surface area contributed by atoms with Gasteiger partial charge in [0, 0.05) is 30.0 Å². The van der Waals surface area contributed by atoms with Gasteiger partial charge in [0.05, 0.1) is 11.4 Å². The molecule has 2 heterocycles. The maximum atomic E-state index is 12.9. The SMILES string of the molecule is C[C@@H]1CC(=O)Nc2ccccc2N1C(=O)COc1ccc2ccc(=O)oc2c1. The number of ether oxygens (including phenoxy) is 1. The summed E-state index contributed by atoms with van der Waals surface area (Å²) in [5.41, 5.74) is 1.17. The summed E-state index contributed by atoms with van der Waals surface area (Å²) in [6.45, 7) is 1.61. The number of nitrogens with one attached hydrogen (secondary N) is 1. The van der Waals surface area contributed by atoms with Gasteiger partial charge in [-0.3, -0.25) is 9.59 Å². The third-order valence-electron chi connectivity index (χ3n) is 4.58. The fourth-order valence-corrected chi connectivity index (χ4v) is 3.31. The number of rotatable bonds is 3. The molecule has 1 aromatic heterocycles. The molecule has 1 aliphatic rings. The molecule has 7 nitrogen and oxygen atoms in total. The number of hydrogen-bond donors (Lipinski definition) is 1. The number of carbonyl (C=O) groups is 2.